The SMILES string of the molecule is COc1ccc(Cn2cnc(C(C)=O)c(Oc3cc(C(F)F)cc(Br)c3OC)c2=O)cc1. The average Bonchev–Trinajstić information content (AvgIpc) is 2.76. The minimum atomic E-state index is -2.78. The molecule has 0 bridgehead atoms. The van der Waals surface area contributed by atoms with Gasteiger partial charge in [0.2, 0.25) is 5.75 Å². The summed E-state index contributed by atoms with van der Waals surface area (Å²) in [5.41, 5.74) is -0.445. The van der Waals surface area contributed by atoms with Gasteiger partial charge >= 0.3 is 0 Å². The Morgan fingerprint density at radius 1 is 1.12 bits per heavy atom. The molecule has 0 saturated heterocycles. The summed E-state index contributed by atoms with van der Waals surface area (Å²) < 4.78 is 44.1. The van der Waals surface area contributed by atoms with Crippen molar-refractivity contribution in [3.05, 3.63) is 74.4 Å². The van der Waals surface area contributed by atoms with E-state index in [4.69, 9.17) is 14.2 Å². The maximum Gasteiger partial charge on any atom is 0.297 e. The molecule has 0 fully saturated rings. The second-order valence-electron chi connectivity index (χ2n) is 6.70. The number of alkyl halides is 2. The van der Waals surface area contributed by atoms with Crippen LogP contribution in [-0.4, -0.2) is 29.6 Å². The molecule has 7 nitrogen and oxygen atoms in total. The molecule has 0 saturated carbocycles. The zero-order valence-corrected chi connectivity index (χ0v) is 19.0. The molecule has 32 heavy (non-hydrogen) atoms. The van der Waals surface area contributed by atoms with E-state index in [0.717, 1.165) is 11.6 Å². The number of halogens is 3. The van der Waals surface area contributed by atoms with Gasteiger partial charge in [0.25, 0.3) is 12.0 Å². The molecule has 2 aromatic carbocycles. The van der Waals surface area contributed by atoms with Gasteiger partial charge in [-0.05, 0) is 45.8 Å². The van der Waals surface area contributed by atoms with Gasteiger partial charge in [-0.2, -0.15) is 0 Å². The van der Waals surface area contributed by atoms with E-state index in [1.54, 1.807) is 31.4 Å². The number of aromatic nitrogens is 2. The highest BCUT2D eigenvalue weighted by atomic mass is 79.9. The fourth-order valence-electron chi connectivity index (χ4n) is 2.95. The fourth-order valence-corrected chi connectivity index (χ4v) is 3.57. The molecule has 1 aromatic heterocycles. The van der Waals surface area contributed by atoms with Crippen LogP contribution in [0.4, 0.5) is 8.78 Å². The molecular formula is C22H19BrF2N2O5. The van der Waals surface area contributed by atoms with E-state index in [1.807, 2.05) is 0 Å². The Hall–Kier alpha value is -3.27. The number of ether oxygens (including phenoxy) is 3. The molecule has 0 atom stereocenters. The van der Waals surface area contributed by atoms with Crippen LogP contribution in [0.5, 0.6) is 23.0 Å². The van der Waals surface area contributed by atoms with Gasteiger partial charge in [-0.25, -0.2) is 13.8 Å². The number of nitrogens with zero attached hydrogens (tertiary/aromatic N) is 2. The van der Waals surface area contributed by atoms with Crippen LogP contribution in [0.3, 0.4) is 0 Å². The van der Waals surface area contributed by atoms with Crippen molar-refractivity contribution in [1.82, 2.24) is 9.55 Å². The van der Waals surface area contributed by atoms with Crippen LogP contribution < -0.4 is 19.8 Å². The molecule has 0 N–H and O–H groups in total. The zero-order valence-electron chi connectivity index (χ0n) is 17.4. The Morgan fingerprint density at radius 2 is 1.81 bits per heavy atom. The standard InChI is InChI=1S/C22H19BrF2N2O5/c1-12(28)18-20(32-17-9-14(21(24)25)8-16(23)19(17)31-3)22(29)27(11-26-18)10-13-4-6-15(30-2)7-5-13/h4-9,11,21H,10H2,1-3H3. The van der Waals surface area contributed by atoms with Gasteiger partial charge in [-0.1, -0.05) is 12.1 Å². The van der Waals surface area contributed by atoms with Crippen molar-refractivity contribution >= 4 is 21.7 Å². The quantitative estimate of drug-likeness (QED) is 0.398. The normalized spacial score (nSPS) is 10.8. The van der Waals surface area contributed by atoms with Gasteiger partial charge in [0.1, 0.15) is 5.75 Å². The summed E-state index contributed by atoms with van der Waals surface area (Å²) in [6, 6.07) is 9.28. The number of carbonyl (C=O) groups is 1. The highest BCUT2D eigenvalue weighted by molar-refractivity contribution is 9.10. The zero-order chi connectivity index (χ0) is 23.4. The van der Waals surface area contributed by atoms with Crippen LogP contribution in [0.1, 0.15) is 35.0 Å². The predicted octanol–water partition coefficient (Wildman–Crippen LogP) is 5.00. The Kier molecular flexibility index (Phi) is 7.24. The van der Waals surface area contributed by atoms with E-state index >= 15 is 0 Å². The maximum absolute atomic E-state index is 13.3. The average molecular weight is 509 g/mol. The van der Waals surface area contributed by atoms with Crippen molar-refractivity contribution in [1.29, 1.82) is 0 Å². The Balaban J connectivity index is 2.08. The number of methoxy groups -OCH3 is 2. The third kappa shape index (κ3) is 4.96. The number of benzene rings is 2. The molecule has 0 aliphatic rings. The van der Waals surface area contributed by atoms with Crippen LogP contribution in [-0.2, 0) is 6.54 Å². The minimum absolute atomic E-state index is 0.0915. The highest BCUT2D eigenvalue weighted by Gasteiger charge is 2.22. The number of Topliss-reactive ketones (excluding diaryl/α,β-unsaturated/α-hetero) is 1. The molecule has 168 valence electrons. The summed E-state index contributed by atoms with van der Waals surface area (Å²) in [7, 11) is 2.87. The molecule has 10 heteroatoms. The minimum Gasteiger partial charge on any atom is -0.497 e. The van der Waals surface area contributed by atoms with Crippen LogP contribution in [0.2, 0.25) is 0 Å². The van der Waals surface area contributed by atoms with E-state index in [1.165, 1.54) is 31.0 Å². The van der Waals surface area contributed by atoms with E-state index in [9.17, 15) is 18.4 Å². The summed E-state index contributed by atoms with van der Waals surface area (Å²) in [6.07, 6.45) is -1.55. The van der Waals surface area contributed by atoms with Gasteiger partial charge in [-0.3, -0.25) is 14.2 Å². The Morgan fingerprint density at radius 3 is 2.38 bits per heavy atom. The first-order valence-corrected chi connectivity index (χ1v) is 10.1. The molecule has 3 rings (SSSR count). The lowest BCUT2D eigenvalue weighted by atomic mass is 10.2. The Labute approximate surface area is 190 Å². The lowest BCUT2D eigenvalue weighted by Crippen LogP contribution is -2.25. The summed E-state index contributed by atoms with van der Waals surface area (Å²) in [5, 5.41) is 0. The van der Waals surface area contributed by atoms with Gasteiger partial charge < -0.3 is 14.2 Å². The second kappa shape index (κ2) is 9.90. The molecule has 0 amide bonds. The molecule has 0 aliphatic carbocycles. The molecule has 3 aromatic rings. The smallest absolute Gasteiger partial charge is 0.297 e. The van der Waals surface area contributed by atoms with E-state index in [-0.39, 0.29) is 39.5 Å². The predicted molar refractivity (Wildman–Crippen MR) is 116 cm³/mol. The molecule has 1 heterocycles. The summed E-state index contributed by atoms with van der Waals surface area (Å²) in [4.78, 5) is 29.3. The van der Waals surface area contributed by atoms with E-state index in [0.29, 0.717) is 5.75 Å². The highest BCUT2D eigenvalue weighted by Crippen LogP contribution is 2.41. The van der Waals surface area contributed by atoms with Gasteiger partial charge in [-0.15, -0.1) is 0 Å². The third-order valence-corrected chi connectivity index (χ3v) is 5.13. The summed E-state index contributed by atoms with van der Waals surface area (Å²) >= 11 is 3.16. The number of hydrogen-bond acceptors (Lipinski definition) is 6. The first-order valence-electron chi connectivity index (χ1n) is 9.31. The molecular weight excluding hydrogens is 490 g/mol. The van der Waals surface area contributed by atoms with Crippen molar-refractivity contribution in [2.75, 3.05) is 14.2 Å². The number of rotatable bonds is 8. The Bertz CT molecular complexity index is 1200. The van der Waals surface area contributed by atoms with Crippen molar-refractivity contribution in [3.8, 4) is 23.0 Å². The van der Waals surface area contributed by atoms with E-state index in [2.05, 4.69) is 20.9 Å². The van der Waals surface area contributed by atoms with Gasteiger partial charge in [0, 0.05) is 12.5 Å². The third-order valence-electron chi connectivity index (χ3n) is 4.54. The van der Waals surface area contributed by atoms with E-state index < -0.39 is 17.8 Å². The number of carbonyl (C=O) groups excluding carboxylic acids is 1. The molecule has 0 radical (unpaired) electrons. The molecule has 0 aliphatic heterocycles. The number of hydrogen-bond donors (Lipinski definition) is 0. The number of ketones is 1. The maximum atomic E-state index is 13.3. The van der Waals surface area contributed by atoms with Crippen molar-refractivity contribution < 1.29 is 27.8 Å². The summed E-state index contributed by atoms with van der Waals surface area (Å²) in [6.45, 7) is 1.37. The van der Waals surface area contributed by atoms with Crippen LogP contribution in [0.25, 0.3) is 0 Å². The van der Waals surface area contributed by atoms with Gasteiger partial charge in [0.15, 0.2) is 23.0 Å². The fraction of sp³-hybridized carbons (Fsp3) is 0.227. The van der Waals surface area contributed by atoms with Gasteiger partial charge in [0.05, 0.1) is 31.6 Å². The second-order valence-corrected chi connectivity index (χ2v) is 7.55. The lowest BCUT2D eigenvalue weighted by Gasteiger charge is -2.16. The molecule has 0 unspecified atom stereocenters. The first-order chi connectivity index (χ1) is 15.2. The van der Waals surface area contributed by atoms with Crippen LogP contribution in [0, 0.1) is 0 Å². The monoisotopic (exact) mass is 508 g/mol. The van der Waals surface area contributed by atoms with Crippen LogP contribution >= 0.6 is 15.9 Å². The lowest BCUT2D eigenvalue weighted by molar-refractivity contribution is 0.100. The van der Waals surface area contributed by atoms with Crippen molar-refractivity contribution in [2.45, 2.75) is 19.9 Å². The van der Waals surface area contributed by atoms with Crippen molar-refractivity contribution in [2.24, 2.45) is 0 Å². The molecule has 0 spiro atoms. The first kappa shape index (κ1) is 23.4. The topological polar surface area (TPSA) is 79.7 Å². The van der Waals surface area contributed by atoms with Crippen LogP contribution in [0.15, 0.2) is 52.0 Å². The summed E-state index contributed by atoms with van der Waals surface area (Å²) in [5.74, 6) is -0.303. The largest absolute Gasteiger partial charge is 0.497 e. The van der Waals surface area contributed by atoms with Crippen molar-refractivity contribution in [3.63, 3.8) is 0 Å².